The molecule has 0 spiro atoms. The minimum atomic E-state index is -0.837. The summed E-state index contributed by atoms with van der Waals surface area (Å²) in [5.41, 5.74) is 13.7. The summed E-state index contributed by atoms with van der Waals surface area (Å²) in [4.78, 5) is 31.4. The number of nitrogens with zero attached hydrogens (tertiary/aromatic N) is 2. The van der Waals surface area contributed by atoms with E-state index in [2.05, 4.69) is 20.6 Å². The summed E-state index contributed by atoms with van der Waals surface area (Å²) in [6, 6.07) is 5.56. The molecule has 1 aromatic carbocycles. The Morgan fingerprint density at radius 1 is 1.26 bits per heavy atom. The lowest BCUT2D eigenvalue weighted by Gasteiger charge is -2.17. The van der Waals surface area contributed by atoms with Gasteiger partial charge in [0.15, 0.2) is 11.6 Å². The van der Waals surface area contributed by atoms with E-state index < -0.39 is 23.7 Å². The first-order valence-electron chi connectivity index (χ1n) is 8.05. The van der Waals surface area contributed by atoms with E-state index in [4.69, 9.17) is 11.5 Å². The molecule has 2 aromatic heterocycles. The van der Waals surface area contributed by atoms with Gasteiger partial charge >= 0.3 is 0 Å². The maximum atomic E-state index is 14.3. The number of fused-ring (bicyclic) bond motifs is 1. The molecule has 0 radical (unpaired) electrons. The number of hydrogen-bond acceptors (Lipinski definition) is 7. The number of hydrogen-bond donors (Lipinski definition) is 4. The Morgan fingerprint density at radius 2 is 2.04 bits per heavy atom. The molecule has 0 fully saturated rings. The standard InChI is InChI=1S/C17H17FN6O2S/c1-2-11(15(20)26)23-17-10(18)6-9(14(19)25)16(24-17)22-8-3-4-12-13(5-8)27-7-21-12/h3-7,11H,2H2,1H3,(H2,19,25)(H2,20,26)(H2,22,23,24)/t11-/m1/s1. The highest BCUT2D eigenvalue weighted by atomic mass is 32.1. The van der Waals surface area contributed by atoms with E-state index in [0.29, 0.717) is 12.1 Å². The molecule has 0 bridgehead atoms. The predicted octanol–water partition coefficient (Wildman–Crippen LogP) is 2.35. The summed E-state index contributed by atoms with van der Waals surface area (Å²) < 4.78 is 15.3. The smallest absolute Gasteiger partial charge is 0.252 e. The zero-order valence-corrected chi connectivity index (χ0v) is 15.1. The fraction of sp³-hybridized carbons (Fsp3) is 0.176. The number of amides is 2. The van der Waals surface area contributed by atoms with Crippen LogP contribution in [-0.2, 0) is 4.79 Å². The molecule has 2 heterocycles. The lowest BCUT2D eigenvalue weighted by Crippen LogP contribution is -2.35. The van der Waals surface area contributed by atoms with E-state index >= 15 is 0 Å². The first-order chi connectivity index (χ1) is 12.9. The number of nitrogens with one attached hydrogen (secondary N) is 2. The second kappa shape index (κ2) is 7.54. The predicted molar refractivity (Wildman–Crippen MR) is 103 cm³/mol. The monoisotopic (exact) mass is 388 g/mol. The van der Waals surface area contributed by atoms with Crippen LogP contribution in [0.3, 0.4) is 0 Å². The van der Waals surface area contributed by atoms with Crippen molar-refractivity contribution in [2.24, 2.45) is 11.5 Å². The summed E-state index contributed by atoms with van der Waals surface area (Å²) in [5.74, 6) is -2.42. The van der Waals surface area contributed by atoms with E-state index in [9.17, 15) is 14.0 Å². The van der Waals surface area contributed by atoms with Gasteiger partial charge in [0, 0.05) is 5.69 Å². The van der Waals surface area contributed by atoms with Gasteiger partial charge in [-0.3, -0.25) is 9.59 Å². The van der Waals surface area contributed by atoms with Crippen LogP contribution in [0.5, 0.6) is 0 Å². The third-order valence-corrected chi connectivity index (χ3v) is 4.69. The van der Waals surface area contributed by atoms with Crippen LogP contribution >= 0.6 is 11.3 Å². The summed E-state index contributed by atoms with van der Waals surface area (Å²) in [5, 5.41) is 5.62. The van der Waals surface area contributed by atoms with Crippen molar-refractivity contribution < 1.29 is 14.0 Å². The van der Waals surface area contributed by atoms with Crippen LogP contribution in [0, 0.1) is 5.82 Å². The van der Waals surface area contributed by atoms with Gasteiger partial charge in [0.05, 0.1) is 21.3 Å². The quantitative estimate of drug-likeness (QED) is 0.490. The number of thiazole rings is 1. The molecule has 0 aliphatic rings. The number of pyridine rings is 1. The number of carbonyl (C=O) groups excluding carboxylic acids is 2. The molecule has 140 valence electrons. The molecule has 27 heavy (non-hydrogen) atoms. The number of carbonyl (C=O) groups is 2. The van der Waals surface area contributed by atoms with E-state index in [-0.39, 0.29) is 17.2 Å². The normalized spacial score (nSPS) is 11.9. The first-order valence-corrected chi connectivity index (χ1v) is 8.93. The number of primary amides is 2. The zero-order valence-electron chi connectivity index (χ0n) is 14.3. The molecule has 0 saturated heterocycles. The molecule has 0 aliphatic heterocycles. The van der Waals surface area contributed by atoms with E-state index in [1.165, 1.54) is 11.3 Å². The van der Waals surface area contributed by atoms with Gasteiger partial charge in [-0.1, -0.05) is 6.92 Å². The Labute approximate surface area is 157 Å². The number of anilines is 3. The molecule has 0 saturated carbocycles. The minimum absolute atomic E-state index is 0.0644. The van der Waals surface area contributed by atoms with Gasteiger partial charge in [0.1, 0.15) is 11.9 Å². The average molecular weight is 388 g/mol. The average Bonchev–Trinajstić information content (AvgIpc) is 3.08. The van der Waals surface area contributed by atoms with Gasteiger partial charge in [-0.15, -0.1) is 11.3 Å². The van der Waals surface area contributed by atoms with Crippen LogP contribution in [0.1, 0.15) is 23.7 Å². The Kier molecular flexibility index (Phi) is 5.17. The van der Waals surface area contributed by atoms with Crippen molar-refractivity contribution in [3.05, 3.63) is 41.2 Å². The summed E-state index contributed by atoms with van der Waals surface area (Å²) in [7, 11) is 0. The Bertz CT molecular complexity index is 1020. The molecular weight excluding hydrogens is 371 g/mol. The third kappa shape index (κ3) is 3.95. The minimum Gasteiger partial charge on any atom is -0.368 e. The van der Waals surface area contributed by atoms with E-state index in [1.54, 1.807) is 24.6 Å². The van der Waals surface area contributed by atoms with Crippen LogP contribution in [-0.4, -0.2) is 27.8 Å². The van der Waals surface area contributed by atoms with Crippen molar-refractivity contribution in [2.45, 2.75) is 19.4 Å². The Hall–Kier alpha value is -3.27. The second-order valence-corrected chi connectivity index (χ2v) is 6.63. The molecule has 10 heteroatoms. The van der Waals surface area contributed by atoms with E-state index in [1.807, 2.05) is 6.07 Å². The van der Waals surface area contributed by atoms with Gasteiger partial charge in [0.25, 0.3) is 5.91 Å². The molecule has 6 N–H and O–H groups in total. The molecular formula is C17H17FN6O2S. The fourth-order valence-electron chi connectivity index (χ4n) is 2.48. The highest BCUT2D eigenvalue weighted by Gasteiger charge is 2.20. The zero-order chi connectivity index (χ0) is 19.6. The molecule has 8 nitrogen and oxygen atoms in total. The van der Waals surface area contributed by atoms with Crippen LogP contribution < -0.4 is 22.1 Å². The molecule has 3 aromatic rings. The highest BCUT2D eigenvalue weighted by Crippen LogP contribution is 2.27. The number of rotatable bonds is 7. The number of nitrogens with two attached hydrogens (primary N) is 2. The lowest BCUT2D eigenvalue weighted by atomic mass is 10.2. The van der Waals surface area contributed by atoms with Crippen LogP contribution in [0.25, 0.3) is 10.2 Å². The number of halogens is 1. The van der Waals surface area contributed by atoms with Gasteiger partial charge in [-0.25, -0.2) is 14.4 Å². The third-order valence-electron chi connectivity index (χ3n) is 3.90. The van der Waals surface area contributed by atoms with Gasteiger partial charge in [-0.2, -0.15) is 0 Å². The Morgan fingerprint density at radius 3 is 2.70 bits per heavy atom. The van der Waals surface area contributed by atoms with E-state index in [0.717, 1.165) is 16.3 Å². The van der Waals surface area contributed by atoms with Gasteiger partial charge < -0.3 is 22.1 Å². The molecule has 0 unspecified atom stereocenters. The van der Waals surface area contributed by atoms with Crippen LogP contribution in [0.15, 0.2) is 29.8 Å². The highest BCUT2D eigenvalue weighted by molar-refractivity contribution is 7.16. The maximum Gasteiger partial charge on any atom is 0.252 e. The topological polar surface area (TPSA) is 136 Å². The van der Waals surface area contributed by atoms with Crippen molar-refractivity contribution in [1.29, 1.82) is 0 Å². The molecule has 1 atom stereocenters. The molecule has 3 rings (SSSR count). The molecule has 0 aliphatic carbocycles. The fourth-order valence-corrected chi connectivity index (χ4v) is 3.20. The largest absolute Gasteiger partial charge is 0.368 e. The van der Waals surface area contributed by atoms with Crippen molar-refractivity contribution >= 4 is 50.7 Å². The summed E-state index contributed by atoms with van der Waals surface area (Å²) >= 11 is 1.46. The van der Waals surface area contributed by atoms with Crippen LogP contribution in [0.4, 0.5) is 21.7 Å². The van der Waals surface area contributed by atoms with Gasteiger partial charge in [0.2, 0.25) is 5.91 Å². The maximum absolute atomic E-state index is 14.3. The van der Waals surface area contributed by atoms with Gasteiger partial charge in [-0.05, 0) is 30.7 Å². The van der Waals surface area contributed by atoms with Crippen LogP contribution in [0.2, 0.25) is 0 Å². The Balaban J connectivity index is 1.99. The van der Waals surface area contributed by atoms with Crippen molar-refractivity contribution in [1.82, 2.24) is 9.97 Å². The number of benzene rings is 1. The van der Waals surface area contributed by atoms with Crippen molar-refractivity contribution in [3.63, 3.8) is 0 Å². The SMILES string of the molecule is CC[C@@H](Nc1nc(Nc2ccc3ncsc3c2)c(C(N)=O)cc1F)C(N)=O. The van der Waals surface area contributed by atoms with Crippen molar-refractivity contribution in [3.8, 4) is 0 Å². The van der Waals surface area contributed by atoms with Crippen molar-refractivity contribution in [2.75, 3.05) is 10.6 Å². The lowest BCUT2D eigenvalue weighted by molar-refractivity contribution is -0.118. The summed E-state index contributed by atoms with van der Waals surface area (Å²) in [6.45, 7) is 1.72. The second-order valence-electron chi connectivity index (χ2n) is 5.75. The number of aromatic nitrogens is 2. The first kappa shape index (κ1) is 18.5. The molecule has 2 amide bonds. The summed E-state index contributed by atoms with van der Waals surface area (Å²) in [6.07, 6.45) is 0.346.